The maximum atomic E-state index is 11.9. The summed E-state index contributed by atoms with van der Waals surface area (Å²) < 4.78 is 15.7. The van der Waals surface area contributed by atoms with E-state index in [0.29, 0.717) is 38.0 Å². The van der Waals surface area contributed by atoms with E-state index in [1.165, 1.54) is 0 Å². The van der Waals surface area contributed by atoms with Gasteiger partial charge in [-0.3, -0.25) is 4.79 Å². The zero-order chi connectivity index (χ0) is 15.2. The number of ether oxygens (including phenoxy) is 2. The van der Waals surface area contributed by atoms with Gasteiger partial charge in [0.05, 0.1) is 19.8 Å². The molecule has 0 bridgehead atoms. The van der Waals surface area contributed by atoms with Gasteiger partial charge >= 0.3 is 0 Å². The molecule has 1 aromatic heterocycles. The number of rotatable bonds is 7. The van der Waals surface area contributed by atoms with Crippen LogP contribution in [0.25, 0.3) is 0 Å². The summed E-state index contributed by atoms with van der Waals surface area (Å²) in [7, 11) is 0. The quantitative estimate of drug-likeness (QED) is 0.843. The molecule has 2 aromatic rings. The van der Waals surface area contributed by atoms with E-state index in [4.69, 9.17) is 14.0 Å². The second-order valence-electron chi connectivity index (χ2n) is 5.27. The van der Waals surface area contributed by atoms with Crippen LogP contribution in [-0.4, -0.2) is 30.8 Å². The molecule has 3 rings (SSSR count). The molecule has 1 N–H and O–H groups in total. The molecule has 2 heterocycles. The lowest BCUT2D eigenvalue weighted by Gasteiger charge is -2.25. The molecule has 1 amide bonds. The van der Waals surface area contributed by atoms with Crippen LogP contribution in [0.3, 0.4) is 0 Å². The van der Waals surface area contributed by atoms with E-state index >= 15 is 0 Å². The van der Waals surface area contributed by atoms with Crippen molar-refractivity contribution in [3.05, 3.63) is 53.4 Å². The third kappa shape index (κ3) is 3.93. The van der Waals surface area contributed by atoms with Gasteiger partial charge in [0, 0.05) is 18.5 Å². The van der Waals surface area contributed by atoms with Crippen molar-refractivity contribution in [2.45, 2.75) is 13.2 Å². The van der Waals surface area contributed by atoms with E-state index in [9.17, 15) is 4.79 Å². The van der Waals surface area contributed by atoms with Crippen molar-refractivity contribution in [2.75, 3.05) is 19.8 Å². The van der Waals surface area contributed by atoms with Gasteiger partial charge in [-0.25, -0.2) is 0 Å². The molecule has 1 saturated heterocycles. The van der Waals surface area contributed by atoms with E-state index < -0.39 is 0 Å². The largest absolute Gasteiger partial charge is 0.381 e. The Hall–Kier alpha value is -2.18. The summed E-state index contributed by atoms with van der Waals surface area (Å²) in [6, 6.07) is 11.5. The fraction of sp³-hybridized carbons (Fsp3) is 0.375. The van der Waals surface area contributed by atoms with Gasteiger partial charge in [0.25, 0.3) is 5.91 Å². The summed E-state index contributed by atoms with van der Waals surface area (Å²) in [6.45, 7) is 2.79. The second-order valence-corrected chi connectivity index (χ2v) is 5.27. The van der Waals surface area contributed by atoms with Crippen molar-refractivity contribution in [1.82, 2.24) is 10.5 Å². The highest BCUT2D eigenvalue weighted by Crippen LogP contribution is 2.10. The molecule has 1 fully saturated rings. The second kappa shape index (κ2) is 7.20. The number of nitrogens with one attached hydrogen (secondary N) is 1. The van der Waals surface area contributed by atoms with Crippen LogP contribution in [0.1, 0.15) is 21.8 Å². The minimum absolute atomic E-state index is 0.232. The molecular formula is C16H18N2O4. The van der Waals surface area contributed by atoms with E-state index in [2.05, 4.69) is 10.5 Å². The first-order chi connectivity index (χ1) is 10.8. The molecule has 116 valence electrons. The summed E-state index contributed by atoms with van der Waals surface area (Å²) >= 11 is 0. The number of nitrogens with zero attached hydrogens (tertiary/aromatic N) is 1. The number of carbonyl (C=O) groups is 1. The molecule has 1 aliphatic heterocycles. The molecule has 0 unspecified atom stereocenters. The number of carbonyl (C=O) groups excluding carboxylic acids is 1. The Labute approximate surface area is 128 Å². The highest BCUT2D eigenvalue weighted by atomic mass is 16.5. The van der Waals surface area contributed by atoms with E-state index in [0.717, 1.165) is 5.56 Å². The van der Waals surface area contributed by atoms with Crippen molar-refractivity contribution in [2.24, 2.45) is 5.92 Å². The third-order valence-corrected chi connectivity index (χ3v) is 3.41. The zero-order valence-corrected chi connectivity index (χ0v) is 12.2. The average molecular weight is 302 g/mol. The Morgan fingerprint density at radius 2 is 2.09 bits per heavy atom. The minimum Gasteiger partial charge on any atom is -0.381 e. The van der Waals surface area contributed by atoms with E-state index in [1.807, 2.05) is 30.3 Å². The smallest absolute Gasteiger partial charge is 0.273 e. The molecular weight excluding hydrogens is 284 g/mol. The first-order valence-corrected chi connectivity index (χ1v) is 7.24. The van der Waals surface area contributed by atoms with Crippen LogP contribution >= 0.6 is 0 Å². The summed E-state index contributed by atoms with van der Waals surface area (Å²) in [6.07, 6.45) is 0. The van der Waals surface area contributed by atoms with Gasteiger partial charge in [-0.05, 0) is 5.56 Å². The number of hydrogen-bond donors (Lipinski definition) is 1. The summed E-state index contributed by atoms with van der Waals surface area (Å²) in [5.74, 6) is 0.711. The molecule has 0 atom stereocenters. The average Bonchev–Trinajstić information content (AvgIpc) is 2.95. The maximum Gasteiger partial charge on any atom is 0.273 e. The lowest BCUT2D eigenvalue weighted by Crippen LogP contribution is -2.39. The van der Waals surface area contributed by atoms with Gasteiger partial charge < -0.3 is 19.3 Å². The molecule has 0 spiro atoms. The van der Waals surface area contributed by atoms with Crippen LogP contribution < -0.4 is 5.32 Å². The van der Waals surface area contributed by atoms with E-state index in [-0.39, 0.29) is 18.2 Å². The Balaban J connectivity index is 1.43. The van der Waals surface area contributed by atoms with Crippen molar-refractivity contribution in [3.63, 3.8) is 0 Å². The Kier molecular flexibility index (Phi) is 4.82. The van der Waals surface area contributed by atoms with Crippen LogP contribution in [0.4, 0.5) is 0 Å². The predicted octanol–water partition coefficient (Wildman–Crippen LogP) is 1.77. The molecule has 1 aliphatic rings. The molecule has 6 nitrogen and oxygen atoms in total. The third-order valence-electron chi connectivity index (χ3n) is 3.41. The fourth-order valence-electron chi connectivity index (χ4n) is 2.06. The van der Waals surface area contributed by atoms with Gasteiger partial charge in [-0.1, -0.05) is 35.5 Å². The lowest BCUT2D eigenvalue weighted by molar-refractivity contribution is -0.0299. The van der Waals surface area contributed by atoms with Crippen LogP contribution in [0.15, 0.2) is 40.9 Å². The number of benzene rings is 1. The minimum atomic E-state index is -0.232. The monoisotopic (exact) mass is 302 g/mol. The van der Waals surface area contributed by atoms with Gasteiger partial charge in [0.2, 0.25) is 0 Å². The summed E-state index contributed by atoms with van der Waals surface area (Å²) in [4.78, 5) is 11.9. The van der Waals surface area contributed by atoms with Crippen molar-refractivity contribution >= 4 is 5.91 Å². The predicted molar refractivity (Wildman–Crippen MR) is 78.1 cm³/mol. The van der Waals surface area contributed by atoms with Gasteiger partial charge in [0.1, 0.15) is 6.61 Å². The molecule has 1 aromatic carbocycles. The van der Waals surface area contributed by atoms with Gasteiger partial charge in [-0.2, -0.15) is 0 Å². The Morgan fingerprint density at radius 3 is 2.82 bits per heavy atom. The van der Waals surface area contributed by atoms with Crippen molar-refractivity contribution in [3.8, 4) is 0 Å². The van der Waals surface area contributed by atoms with Crippen LogP contribution in [0.5, 0.6) is 0 Å². The fourth-order valence-corrected chi connectivity index (χ4v) is 2.06. The van der Waals surface area contributed by atoms with Crippen molar-refractivity contribution < 1.29 is 18.8 Å². The zero-order valence-electron chi connectivity index (χ0n) is 12.2. The molecule has 22 heavy (non-hydrogen) atoms. The normalized spacial score (nSPS) is 14.5. The standard InChI is InChI=1S/C16H18N2O4/c19-16(17-7-13-9-20-10-13)15-6-14(22-18-15)11-21-8-12-4-2-1-3-5-12/h1-6,13H,7-11H2,(H,17,19). The van der Waals surface area contributed by atoms with E-state index in [1.54, 1.807) is 6.07 Å². The number of hydrogen-bond acceptors (Lipinski definition) is 5. The van der Waals surface area contributed by atoms with Crippen LogP contribution in [-0.2, 0) is 22.7 Å². The molecule has 0 aliphatic carbocycles. The maximum absolute atomic E-state index is 11.9. The first kappa shape index (κ1) is 14.7. The number of amides is 1. The highest BCUT2D eigenvalue weighted by molar-refractivity contribution is 5.92. The first-order valence-electron chi connectivity index (χ1n) is 7.24. The highest BCUT2D eigenvalue weighted by Gasteiger charge is 2.20. The molecule has 0 saturated carbocycles. The Morgan fingerprint density at radius 1 is 1.27 bits per heavy atom. The summed E-state index contributed by atoms with van der Waals surface area (Å²) in [5.41, 5.74) is 1.36. The molecule has 6 heteroatoms. The molecule has 0 radical (unpaired) electrons. The SMILES string of the molecule is O=C(NCC1COC1)c1cc(COCc2ccccc2)on1. The van der Waals surface area contributed by atoms with Crippen molar-refractivity contribution in [1.29, 1.82) is 0 Å². The van der Waals surface area contributed by atoms with Gasteiger partial charge in [0.15, 0.2) is 11.5 Å². The lowest BCUT2D eigenvalue weighted by atomic mass is 10.1. The van der Waals surface area contributed by atoms with Gasteiger partial charge in [-0.15, -0.1) is 0 Å². The number of aromatic nitrogens is 1. The van der Waals surface area contributed by atoms with Crippen LogP contribution in [0, 0.1) is 5.92 Å². The Bertz CT molecular complexity index is 608. The van der Waals surface area contributed by atoms with Crippen LogP contribution in [0.2, 0.25) is 0 Å². The topological polar surface area (TPSA) is 73.6 Å². The summed E-state index contributed by atoms with van der Waals surface area (Å²) in [5, 5.41) is 6.58.